The van der Waals surface area contributed by atoms with E-state index in [0.717, 1.165) is 24.3 Å². The molecule has 0 amide bonds. The molecule has 0 unspecified atom stereocenters. The van der Waals surface area contributed by atoms with E-state index in [2.05, 4.69) is 31.9 Å². The molecule has 0 atom stereocenters. The largest absolute Gasteiger partial charge is 0.289 e. The summed E-state index contributed by atoms with van der Waals surface area (Å²) in [5, 5.41) is 0. The van der Waals surface area contributed by atoms with Gasteiger partial charge in [-0.1, -0.05) is 15.9 Å². The summed E-state index contributed by atoms with van der Waals surface area (Å²) in [4.78, 5) is 13.2. The first-order valence-corrected chi connectivity index (χ1v) is 7.04. The fourth-order valence-electron chi connectivity index (χ4n) is 1.43. The van der Waals surface area contributed by atoms with Gasteiger partial charge in [0, 0.05) is 20.5 Å². The molecule has 0 radical (unpaired) electrons. The van der Waals surface area contributed by atoms with Gasteiger partial charge in [0.25, 0.3) is 0 Å². The Labute approximate surface area is 115 Å². The van der Waals surface area contributed by atoms with E-state index in [-0.39, 0.29) is 5.78 Å². The van der Waals surface area contributed by atoms with Crippen molar-refractivity contribution in [3.05, 3.63) is 54.6 Å². The number of ketones is 1. The second kappa shape index (κ2) is 4.82. The van der Waals surface area contributed by atoms with Gasteiger partial charge in [-0.15, -0.1) is 11.3 Å². The molecule has 1 heterocycles. The number of halogens is 2. The quantitative estimate of drug-likeness (QED) is 0.703. The van der Waals surface area contributed by atoms with Gasteiger partial charge in [0.2, 0.25) is 0 Å². The van der Waals surface area contributed by atoms with Gasteiger partial charge in [-0.05, 0) is 53.2 Å². The zero-order chi connectivity index (χ0) is 11.7. The molecule has 0 aliphatic carbocycles. The van der Waals surface area contributed by atoms with Crippen LogP contribution in [0.3, 0.4) is 0 Å². The van der Waals surface area contributed by atoms with Crippen molar-refractivity contribution in [2.45, 2.75) is 6.92 Å². The van der Waals surface area contributed by atoms with Gasteiger partial charge in [-0.2, -0.15) is 0 Å². The number of thiophene rings is 1. The molecule has 2 rings (SSSR count). The van der Waals surface area contributed by atoms with Gasteiger partial charge in [-0.25, -0.2) is 0 Å². The lowest BCUT2D eigenvalue weighted by Crippen LogP contribution is -2.00. The average Bonchev–Trinajstić information content (AvgIpc) is 2.58. The Hall–Kier alpha value is -0.450. The van der Waals surface area contributed by atoms with Crippen molar-refractivity contribution < 1.29 is 4.79 Å². The van der Waals surface area contributed by atoms with E-state index < -0.39 is 0 Å². The van der Waals surface area contributed by atoms with Crippen molar-refractivity contribution in [2.24, 2.45) is 0 Å². The first kappa shape index (κ1) is 12.0. The predicted octanol–water partition coefficient (Wildman–Crippen LogP) is 4.81. The Morgan fingerprint density at radius 1 is 1.19 bits per heavy atom. The van der Waals surface area contributed by atoms with Gasteiger partial charge in [-0.3, -0.25) is 4.79 Å². The molecule has 16 heavy (non-hydrogen) atoms. The van der Waals surface area contributed by atoms with E-state index in [9.17, 15) is 4.79 Å². The third kappa shape index (κ3) is 2.44. The van der Waals surface area contributed by atoms with E-state index in [1.54, 1.807) is 11.3 Å². The SMILES string of the molecule is Cc1sc(Br)cc1C(=O)c1ccc(Br)cc1. The Morgan fingerprint density at radius 3 is 2.31 bits per heavy atom. The van der Waals surface area contributed by atoms with Gasteiger partial charge < -0.3 is 0 Å². The normalized spacial score (nSPS) is 10.4. The highest BCUT2D eigenvalue weighted by Gasteiger charge is 2.14. The van der Waals surface area contributed by atoms with Crippen LogP contribution in [0.15, 0.2) is 38.6 Å². The molecule has 0 aliphatic rings. The smallest absolute Gasteiger partial charge is 0.194 e. The monoisotopic (exact) mass is 358 g/mol. The van der Waals surface area contributed by atoms with Crippen molar-refractivity contribution in [1.29, 1.82) is 0 Å². The molecule has 1 aromatic carbocycles. The Balaban J connectivity index is 2.39. The third-order valence-corrected chi connectivity index (χ3v) is 4.32. The van der Waals surface area contributed by atoms with Crippen LogP contribution in [0.2, 0.25) is 0 Å². The van der Waals surface area contributed by atoms with Crippen molar-refractivity contribution in [2.75, 3.05) is 0 Å². The predicted molar refractivity (Wildman–Crippen MR) is 74.3 cm³/mol. The van der Waals surface area contributed by atoms with E-state index >= 15 is 0 Å². The summed E-state index contributed by atoms with van der Waals surface area (Å²) in [6.45, 7) is 1.96. The molecule has 0 N–H and O–H groups in total. The van der Waals surface area contributed by atoms with Crippen molar-refractivity contribution in [3.63, 3.8) is 0 Å². The van der Waals surface area contributed by atoms with E-state index in [4.69, 9.17) is 0 Å². The number of hydrogen-bond acceptors (Lipinski definition) is 2. The van der Waals surface area contributed by atoms with Gasteiger partial charge in [0.15, 0.2) is 5.78 Å². The maximum absolute atomic E-state index is 12.2. The zero-order valence-corrected chi connectivity index (χ0v) is 12.4. The van der Waals surface area contributed by atoms with Crippen LogP contribution in [0.25, 0.3) is 0 Å². The third-order valence-electron chi connectivity index (χ3n) is 2.24. The standard InChI is InChI=1S/C12H8Br2OS/c1-7-10(6-11(14)16-7)12(15)8-2-4-9(13)5-3-8/h2-6H,1H3. The number of aryl methyl sites for hydroxylation is 1. The van der Waals surface area contributed by atoms with Gasteiger partial charge >= 0.3 is 0 Å². The van der Waals surface area contributed by atoms with Crippen molar-refractivity contribution in [3.8, 4) is 0 Å². The summed E-state index contributed by atoms with van der Waals surface area (Å²) in [7, 11) is 0. The van der Waals surface area contributed by atoms with Crippen molar-refractivity contribution >= 4 is 49.0 Å². The van der Waals surface area contributed by atoms with E-state index in [1.807, 2.05) is 37.3 Å². The summed E-state index contributed by atoms with van der Waals surface area (Å²) in [5.74, 6) is 0.0759. The molecule has 0 spiro atoms. The zero-order valence-electron chi connectivity index (χ0n) is 8.46. The summed E-state index contributed by atoms with van der Waals surface area (Å²) < 4.78 is 1.97. The molecule has 0 aliphatic heterocycles. The molecular formula is C12H8Br2OS. The summed E-state index contributed by atoms with van der Waals surface area (Å²) in [6, 6.07) is 9.30. The molecule has 2 aromatic rings. The highest BCUT2D eigenvalue weighted by molar-refractivity contribution is 9.11. The first-order valence-electron chi connectivity index (χ1n) is 4.64. The summed E-state index contributed by atoms with van der Waals surface area (Å²) in [5.41, 5.74) is 1.50. The number of hydrogen-bond donors (Lipinski definition) is 0. The molecule has 82 valence electrons. The van der Waals surface area contributed by atoms with Crippen LogP contribution in [0.5, 0.6) is 0 Å². The lowest BCUT2D eigenvalue weighted by Gasteiger charge is -2.00. The molecular weight excluding hydrogens is 352 g/mol. The number of carbonyl (C=O) groups excluding carboxylic acids is 1. The molecule has 1 nitrogen and oxygen atoms in total. The molecule has 0 bridgehead atoms. The van der Waals surface area contributed by atoms with Crippen molar-refractivity contribution in [1.82, 2.24) is 0 Å². The topological polar surface area (TPSA) is 17.1 Å². The van der Waals surface area contributed by atoms with E-state index in [1.165, 1.54) is 0 Å². The fraction of sp³-hybridized carbons (Fsp3) is 0.0833. The minimum Gasteiger partial charge on any atom is -0.289 e. The Kier molecular flexibility index (Phi) is 3.62. The molecule has 1 aromatic heterocycles. The molecule has 4 heteroatoms. The van der Waals surface area contributed by atoms with Crippen LogP contribution in [0.1, 0.15) is 20.8 Å². The van der Waals surface area contributed by atoms with Crippen LogP contribution in [-0.2, 0) is 0 Å². The van der Waals surface area contributed by atoms with Gasteiger partial charge in [0.05, 0.1) is 3.79 Å². The number of carbonyl (C=O) groups is 1. The summed E-state index contributed by atoms with van der Waals surface area (Å²) >= 11 is 8.33. The molecule has 0 saturated heterocycles. The lowest BCUT2D eigenvalue weighted by atomic mass is 10.0. The average molecular weight is 360 g/mol. The first-order chi connectivity index (χ1) is 7.58. The van der Waals surface area contributed by atoms with Crippen LogP contribution >= 0.6 is 43.2 Å². The van der Waals surface area contributed by atoms with Crippen LogP contribution in [0.4, 0.5) is 0 Å². The van der Waals surface area contributed by atoms with Crippen LogP contribution < -0.4 is 0 Å². The van der Waals surface area contributed by atoms with Gasteiger partial charge in [0.1, 0.15) is 0 Å². The highest BCUT2D eigenvalue weighted by atomic mass is 79.9. The van der Waals surface area contributed by atoms with Crippen LogP contribution in [-0.4, -0.2) is 5.78 Å². The lowest BCUT2D eigenvalue weighted by molar-refractivity contribution is 0.103. The maximum Gasteiger partial charge on any atom is 0.194 e. The number of rotatable bonds is 2. The second-order valence-electron chi connectivity index (χ2n) is 3.36. The highest BCUT2D eigenvalue weighted by Crippen LogP contribution is 2.28. The van der Waals surface area contributed by atoms with E-state index in [0.29, 0.717) is 0 Å². The molecule has 0 fully saturated rings. The Bertz CT molecular complexity index is 528. The van der Waals surface area contributed by atoms with Crippen LogP contribution in [0, 0.1) is 6.92 Å². The maximum atomic E-state index is 12.2. The summed E-state index contributed by atoms with van der Waals surface area (Å²) in [6.07, 6.45) is 0. The minimum absolute atomic E-state index is 0.0759. The minimum atomic E-state index is 0.0759. The molecule has 0 saturated carbocycles. The number of benzene rings is 1. The Morgan fingerprint density at radius 2 is 1.81 bits per heavy atom. The fourth-order valence-corrected chi connectivity index (χ4v) is 3.38. The second-order valence-corrected chi connectivity index (χ2v) is 6.91.